The van der Waals surface area contributed by atoms with Gasteiger partial charge in [-0.2, -0.15) is 5.26 Å². The first-order valence-electron chi connectivity index (χ1n) is 4.55. The van der Waals surface area contributed by atoms with E-state index in [2.05, 4.69) is 16.2 Å². The molecule has 4 nitrogen and oxygen atoms in total. The van der Waals surface area contributed by atoms with Crippen LogP contribution in [0.3, 0.4) is 0 Å². The van der Waals surface area contributed by atoms with Crippen molar-refractivity contribution in [1.82, 2.24) is 10.9 Å². The first kappa shape index (κ1) is 11.4. The van der Waals surface area contributed by atoms with Crippen LogP contribution in [0.15, 0.2) is 30.3 Å². The zero-order valence-electron chi connectivity index (χ0n) is 8.16. The molecule has 0 bridgehead atoms. The third-order valence-corrected chi connectivity index (χ3v) is 1.80. The fourth-order valence-corrected chi connectivity index (χ4v) is 1.14. The molecular formula is C10H12N4S. The SMILES string of the molecule is N#CCCNNC(=S)Nc1ccccc1. The van der Waals surface area contributed by atoms with Gasteiger partial charge in [0.2, 0.25) is 0 Å². The summed E-state index contributed by atoms with van der Waals surface area (Å²) >= 11 is 5.02. The van der Waals surface area contributed by atoms with Gasteiger partial charge in [-0.05, 0) is 24.4 Å². The molecule has 0 heterocycles. The quantitative estimate of drug-likeness (QED) is 0.407. The summed E-state index contributed by atoms with van der Waals surface area (Å²) in [5, 5.41) is 11.8. The molecule has 0 atom stereocenters. The van der Waals surface area contributed by atoms with E-state index in [4.69, 9.17) is 17.5 Å². The molecule has 78 valence electrons. The summed E-state index contributed by atoms with van der Waals surface area (Å²) in [6, 6.07) is 11.7. The second-order valence-electron chi connectivity index (χ2n) is 2.78. The van der Waals surface area contributed by atoms with Gasteiger partial charge in [0.05, 0.1) is 6.07 Å². The van der Waals surface area contributed by atoms with Crippen LogP contribution in [0.2, 0.25) is 0 Å². The summed E-state index contributed by atoms with van der Waals surface area (Å²) in [5.74, 6) is 0. The third kappa shape index (κ3) is 4.96. The van der Waals surface area contributed by atoms with E-state index < -0.39 is 0 Å². The number of hydrazine groups is 1. The minimum absolute atomic E-state index is 0.445. The molecule has 1 rings (SSSR count). The number of thiocarbonyl (C=S) groups is 1. The highest BCUT2D eigenvalue weighted by atomic mass is 32.1. The van der Waals surface area contributed by atoms with Gasteiger partial charge >= 0.3 is 0 Å². The van der Waals surface area contributed by atoms with Gasteiger partial charge in [0.1, 0.15) is 0 Å². The molecule has 3 N–H and O–H groups in total. The lowest BCUT2D eigenvalue weighted by Gasteiger charge is -2.10. The molecule has 0 spiro atoms. The predicted octanol–water partition coefficient (Wildman–Crippen LogP) is 1.39. The Kier molecular flexibility index (Phi) is 5.15. The average Bonchev–Trinajstić information content (AvgIpc) is 2.26. The standard InChI is InChI=1S/C10H12N4S/c11-7-4-8-12-14-10(15)13-9-5-2-1-3-6-9/h1-3,5-6,12H,4,8H2,(H2,13,14,15). The molecule has 0 saturated carbocycles. The van der Waals surface area contributed by atoms with Crippen LogP contribution in [-0.4, -0.2) is 11.7 Å². The molecule has 0 radical (unpaired) electrons. The third-order valence-electron chi connectivity index (χ3n) is 1.60. The molecule has 0 aliphatic rings. The van der Waals surface area contributed by atoms with Crippen molar-refractivity contribution in [3.8, 4) is 6.07 Å². The van der Waals surface area contributed by atoms with Crippen molar-refractivity contribution in [3.63, 3.8) is 0 Å². The van der Waals surface area contributed by atoms with Gasteiger partial charge < -0.3 is 5.32 Å². The van der Waals surface area contributed by atoms with Crippen LogP contribution < -0.4 is 16.2 Å². The van der Waals surface area contributed by atoms with Crippen LogP contribution in [0.5, 0.6) is 0 Å². The topological polar surface area (TPSA) is 59.9 Å². The van der Waals surface area contributed by atoms with Crippen molar-refractivity contribution < 1.29 is 0 Å². The molecule has 0 unspecified atom stereocenters. The summed E-state index contributed by atoms with van der Waals surface area (Å²) in [6.07, 6.45) is 0.445. The number of benzene rings is 1. The minimum atomic E-state index is 0.445. The molecule has 0 aromatic heterocycles. The van der Waals surface area contributed by atoms with E-state index >= 15 is 0 Å². The van der Waals surface area contributed by atoms with E-state index in [0.29, 0.717) is 18.1 Å². The lowest BCUT2D eigenvalue weighted by Crippen LogP contribution is -2.40. The summed E-state index contributed by atoms with van der Waals surface area (Å²) in [5.41, 5.74) is 6.54. The van der Waals surface area contributed by atoms with E-state index in [9.17, 15) is 0 Å². The molecule has 0 aliphatic carbocycles. The van der Waals surface area contributed by atoms with Crippen molar-refractivity contribution in [2.24, 2.45) is 0 Å². The molecule has 1 aromatic rings. The number of nitriles is 1. The number of nitrogens with one attached hydrogen (secondary N) is 3. The van der Waals surface area contributed by atoms with E-state index in [0.717, 1.165) is 5.69 Å². The second-order valence-corrected chi connectivity index (χ2v) is 3.19. The Balaban J connectivity index is 2.22. The largest absolute Gasteiger partial charge is 0.332 e. The number of hydrogen-bond donors (Lipinski definition) is 3. The lowest BCUT2D eigenvalue weighted by molar-refractivity contribution is 0.665. The Morgan fingerprint density at radius 3 is 2.73 bits per heavy atom. The van der Waals surface area contributed by atoms with Crippen molar-refractivity contribution in [1.29, 1.82) is 5.26 Å². The van der Waals surface area contributed by atoms with Crippen LogP contribution in [-0.2, 0) is 0 Å². The summed E-state index contributed by atoms with van der Waals surface area (Å²) < 4.78 is 0. The minimum Gasteiger partial charge on any atom is -0.332 e. The summed E-state index contributed by atoms with van der Waals surface area (Å²) in [6.45, 7) is 0.563. The van der Waals surface area contributed by atoms with E-state index in [1.165, 1.54) is 0 Å². The molecule has 5 heteroatoms. The normalized spacial score (nSPS) is 9.00. The molecule has 0 amide bonds. The highest BCUT2D eigenvalue weighted by molar-refractivity contribution is 7.80. The number of nitrogens with zero attached hydrogens (tertiary/aromatic N) is 1. The van der Waals surface area contributed by atoms with E-state index in [1.54, 1.807) is 0 Å². The van der Waals surface area contributed by atoms with Crippen molar-refractivity contribution in [2.75, 3.05) is 11.9 Å². The van der Waals surface area contributed by atoms with E-state index in [1.807, 2.05) is 36.4 Å². The molecule has 0 saturated heterocycles. The highest BCUT2D eigenvalue weighted by Crippen LogP contribution is 2.03. The zero-order chi connectivity index (χ0) is 10.9. The number of anilines is 1. The fourth-order valence-electron chi connectivity index (χ4n) is 0.945. The number of para-hydroxylation sites is 1. The maximum absolute atomic E-state index is 8.30. The molecule has 1 aromatic carbocycles. The first-order chi connectivity index (χ1) is 7.33. The Morgan fingerprint density at radius 1 is 1.33 bits per heavy atom. The van der Waals surface area contributed by atoms with Crippen LogP contribution in [0.1, 0.15) is 6.42 Å². The van der Waals surface area contributed by atoms with Gasteiger partial charge in [-0.3, -0.25) is 5.43 Å². The van der Waals surface area contributed by atoms with Crippen LogP contribution in [0.25, 0.3) is 0 Å². The van der Waals surface area contributed by atoms with Crippen molar-refractivity contribution >= 4 is 23.0 Å². The molecular weight excluding hydrogens is 208 g/mol. The predicted molar refractivity (Wildman–Crippen MR) is 64.0 cm³/mol. The van der Waals surface area contributed by atoms with Crippen LogP contribution >= 0.6 is 12.2 Å². The Bertz CT molecular complexity index is 344. The molecule has 0 aliphatic heterocycles. The van der Waals surface area contributed by atoms with Crippen LogP contribution in [0.4, 0.5) is 5.69 Å². The van der Waals surface area contributed by atoms with Crippen LogP contribution in [0, 0.1) is 11.3 Å². The summed E-state index contributed by atoms with van der Waals surface area (Å²) in [7, 11) is 0. The van der Waals surface area contributed by atoms with Gasteiger partial charge in [-0.25, -0.2) is 5.43 Å². The van der Waals surface area contributed by atoms with Gasteiger partial charge in [0.15, 0.2) is 5.11 Å². The average molecular weight is 220 g/mol. The molecule has 15 heavy (non-hydrogen) atoms. The first-order valence-corrected chi connectivity index (χ1v) is 4.95. The highest BCUT2D eigenvalue weighted by Gasteiger charge is 1.94. The Hall–Kier alpha value is -1.64. The monoisotopic (exact) mass is 220 g/mol. The van der Waals surface area contributed by atoms with Crippen molar-refractivity contribution in [3.05, 3.63) is 30.3 Å². The zero-order valence-corrected chi connectivity index (χ0v) is 8.97. The number of rotatable bonds is 4. The smallest absolute Gasteiger partial charge is 0.185 e. The second kappa shape index (κ2) is 6.76. The van der Waals surface area contributed by atoms with Gasteiger partial charge in [0.25, 0.3) is 0 Å². The van der Waals surface area contributed by atoms with Gasteiger partial charge in [0, 0.05) is 18.7 Å². The fraction of sp³-hybridized carbons (Fsp3) is 0.200. The van der Waals surface area contributed by atoms with E-state index in [-0.39, 0.29) is 0 Å². The van der Waals surface area contributed by atoms with Gasteiger partial charge in [-0.1, -0.05) is 18.2 Å². The van der Waals surface area contributed by atoms with Gasteiger partial charge in [-0.15, -0.1) is 0 Å². The Morgan fingerprint density at radius 2 is 2.07 bits per heavy atom. The lowest BCUT2D eigenvalue weighted by atomic mass is 10.3. The Labute approximate surface area is 94.3 Å². The summed E-state index contributed by atoms with van der Waals surface area (Å²) in [4.78, 5) is 0. The molecule has 0 fully saturated rings. The number of hydrogen-bond acceptors (Lipinski definition) is 3. The van der Waals surface area contributed by atoms with Crippen molar-refractivity contribution in [2.45, 2.75) is 6.42 Å². The maximum Gasteiger partial charge on any atom is 0.185 e. The maximum atomic E-state index is 8.30.